The summed E-state index contributed by atoms with van der Waals surface area (Å²) < 4.78 is 1.68. The summed E-state index contributed by atoms with van der Waals surface area (Å²) in [6.07, 6.45) is 4.62. The Morgan fingerprint density at radius 3 is 2.83 bits per heavy atom. The molecule has 0 aliphatic rings. The fraction of sp³-hybridized carbons (Fsp3) is 0.176. The summed E-state index contributed by atoms with van der Waals surface area (Å²) in [5.74, 6) is 1.37. The zero-order valence-corrected chi connectivity index (χ0v) is 14.7. The number of benzene rings is 1. The summed E-state index contributed by atoms with van der Waals surface area (Å²) in [7, 11) is 0. The highest BCUT2D eigenvalue weighted by Crippen LogP contribution is 2.27. The van der Waals surface area contributed by atoms with Crippen LogP contribution < -0.4 is 0 Å². The monoisotopic (exact) mass is 353 g/mol. The average Bonchev–Trinajstić information content (AvgIpc) is 3.26. The van der Waals surface area contributed by atoms with E-state index in [2.05, 4.69) is 51.6 Å². The Kier molecular flexibility index (Phi) is 4.27. The van der Waals surface area contributed by atoms with E-state index in [-0.39, 0.29) is 0 Å². The van der Waals surface area contributed by atoms with E-state index in [1.165, 1.54) is 11.1 Å². The first-order chi connectivity index (χ1) is 11.8. The Balaban J connectivity index is 1.46. The fourth-order valence-corrected chi connectivity index (χ4v) is 3.95. The first kappa shape index (κ1) is 15.3. The number of nitrogens with zero attached hydrogens (tertiary/aromatic N) is 5. The van der Waals surface area contributed by atoms with Crippen LogP contribution in [0.5, 0.6) is 0 Å². The number of hydrogen-bond donors (Lipinski definition) is 0. The van der Waals surface area contributed by atoms with Crippen LogP contribution in [0.2, 0.25) is 0 Å². The lowest BCUT2D eigenvalue weighted by Crippen LogP contribution is -1.87. The SMILES string of the molecule is CCc1ccc(-c2nc(CSc3nc4ncccn4n3)cs2)cc1. The van der Waals surface area contributed by atoms with Crippen molar-refractivity contribution in [2.75, 3.05) is 0 Å². The molecule has 0 fully saturated rings. The molecule has 120 valence electrons. The van der Waals surface area contributed by atoms with Gasteiger partial charge in [-0.1, -0.05) is 43.0 Å². The molecular formula is C17H15N5S2. The molecule has 0 saturated heterocycles. The van der Waals surface area contributed by atoms with E-state index in [0.29, 0.717) is 5.78 Å². The van der Waals surface area contributed by atoms with Gasteiger partial charge in [-0.15, -0.1) is 16.4 Å². The van der Waals surface area contributed by atoms with Gasteiger partial charge < -0.3 is 0 Å². The van der Waals surface area contributed by atoms with Gasteiger partial charge in [0.15, 0.2) is 0 Å². The van der Waals surface area contributed by atoms with Crippen LogP contribution in [0.15, 0.2) is 53.3 Å². The predicted molar refractivity (Wildman–Crippen MR) is 97.3 cm³/mol. The maximum absolute atomic E-state index is 4.72. The molecule has 0 saturated carbocycles. The molecule has 7 heteroatoms. The second-order valence-electron chi connectivity index (χ2n) is 5.24. The summed E-state index contributed by atoms with van der Waals surface area (Å²) in [5.41, 5.74) is 3.56. The maximum atomic E-state index is 4.72. The Bertz CT molecular complexity index is 925. The molecule has 0 N–H and O–H groups in total. The smallest absolute Gasteiger partial charge is 0.240 e. The van der Waals surface area contributed by atoms with E-state index >= 15 is 0 Å². The topological polar surface area (TPSA) is 56.0 Å². The predicted octanol–water partition coefficient (Wildman–Crippen LogP) is 4.10. The average molecular weight is 353 g/mol. The van der Waals surface area contributed by atoms with Crippen molar-refractivity contribution in [3.8, 4) is 10.6 Å². The van der Waals surface area contributed by atoms with Crippen LogP contribution >= 0.6 is 23.1 Å². The molecule has 0 aliphatic carbocycles. The minimum Gasteiger partial charge on any atom is -0.240 e. The van der Waals surface area contributed by atoms with Crippen molar-refractivity contribution >= 4 is 28.9 Å². The van der Waals surface area contributed by atoms with Crippen molar-refractivity contribution in [1.82, 2.24) is 24.6 Å². The van der Waals surface area contributed by atoms with Gasteiger partial charge in [0.1, 0.15) is 5.01 Å². The summed E-state index contributed by atoms with van der Waals surface area (Å²) in [6, 6.07) is 10.5. The van der Waals surface area contributed by atoms with E-state index < -0.39 is 0 Å². The van der Waals surface area contributed by atoms with Crippen molar-refractivity contribution in [2.24, 2.45) is 0 Å². The molecule has 4 rings (SSSR count). The number of aryl methyl sites for hydroxylation is 1. The van der Waals surface area contributed by atoms with Crippen LogP contribution in [-0.4, -0.2) is 24.6 Å². The van der Waals surface area contributed by atoms with E-state index in [0.717, 1.165) is 28.0 Å². The molecule has 24 heavy (non-hydrogen) atoms. The number of aromatic nitrogens is 5. The second-order valence-corrected chi connectivity index (χ2v) is 7.04. The first-order valence-electron chi connectivity index (χ1n) is 7.66. The lowest BCUT2D eigenvalue weighted by Gasteiger charge is -1.98. The first-order valence-corrected chi connectivity index (χ1v) is 9.52. The van der Waals surface area contributed by atoms with Gasteiger partial charge in [-0.2, -0.15) is 4.98 Å². The molecule has 0 unspecified atom stereocenters. The summed E-state index contributed by atoms with van der Waals surface area (Å²) in [4.78, 5) is 13.3. The lowest BCUT2D eigenvalue weighted by molar-refractivity contribution is 0.879. The van der Waals surface area contributed by atoms with Crippen LogP contribution in [0.25, 0.3) is 16.3 Å². The standard InChI is InChI=1S/C17H15N5S2/c1-2-12-4-6-13(7-5-12)15-19-14(10-23-15)11-24-17-20-16-18-8-3-9-22(16)21-17/h3-10H,2,11H2,1H3. The third kappa shape index (κ3) is 3.18. The molecule has 0 spiro atoms. The van der Waals surface area contributed by atoms with Gasteiger partial charge in [-0.3, -0.25) is 0 Å². The van der Waals surface area contributed by atoms with Crippen LogP contribution in [-0.2, 0) is 12.2 Å². The highest BCUT2D eigenvalue weighted by atomic mass is 32.2. The molecule has 3 heterocycles. The van der Waals surface area contributed by atoms with E-state index in [4.69, 9.17) is 4.98 Å². The number of thioether (sulfide) groups is 1. The number of hydrogen-bond acceptors (Lipinski definition) is 6. The van der Waals surface area contributed by atoms with Crippen molar-refractivity contribution < 1.29 is 0 Å². The minimum atomic E-state index is 0.620. The van der Waals surface area contributed by atoms with Gasteiger partial charge in [0.05, 0.1) is 5.69 Å². The molecule has 0 radical (unpaired) electrons. The van der Waals surface area contributed by atoms with Gasteiger partial charge in [0.2, 0.25) is 5.16 Å². The molecule has 5 nitrogen and oxygen atoms in total. The quantitative estimate of drug-likeness (QED) is 0.506. The molecule has 4 aromatic rings. The molecule has 0 amide bonds. The van der Waals surface area contributed by atoms with Crippen LogP contribution in [0.1, 0.15) is 18.2 Å². The molecule has 1 aromatic carbocycles. The van der Waals surface area contributed by atoms with Crippen molar-refractivity contribution in [3.63, 3.8) is 0 Å². The largest absolute Gasteiger partial charge is 0.253 e. The van der Waals surface area contributed by atoms with Gasteiger partial charge in [0.25, 0.3) is 5.78 Å². The van der Waals surface area contributed by atoms with Crippen molar-refractivity contribution in [1.29, 1.82) is 0 Å². The maximum Gasteiger partial charge on any atom is 0.253 e. The second kappa shape index (κ2) is 6.70. The Morgan fingerprint density at radius 2 is 2.04 bits per heavy atom. The number of thiazole rings is 1. The minimum absolute atomic E-state index is 0.620. The van der Waals surface area contributed by atoms with Crippen LogP contribution in [0.3, 0.4) is 0 Å². The van der Waals surface area contributed by atoms with Gasteiger partial charge in [0, 0.05) is 29.1 Å². The highest BCUT2D eigenvalue weighted by Gasteiger charge is 2.08. The molecule has 0 atom stereocenters. The Hall–Kier alpha value is -2.25. The fourth-order valence-electron chi connectivity index (χ4n) is 2.30. The normalized spacial score (nSPS) is 11.2. The molecule has 3 aromatic heterocycles. The third-order valence-corrected chi connectivity index (χ3v) is 5.42. The van der Waals surface area contributed by atoms with E-state index in [9.17, 15) is 0 Å². The third-order valence-electron chi connectivity index (χ3n) is 3.61. The molecule has 0 bridgehead atoms. The summed E-state index contributed by atoms with van der Waals surface area (Å²) >= 11 is 3.25. The summed E-state index contributed by atoms with van der Waals surface area (Å²) in [6.45, 7) is 2.16. The number of rotatable bonds is 5. The lowest BCUT2D eigenvalue weighted by atomic mass is 10.1. The highest BCUT2D eigenvalue weighted by molar-refractivity contribution is 7.98. The molecule has 0 aliphatic heterocycles. The van der Waals surface area contributed by atoms with Crippen LogP contribution in [0.4, 0.5) is 0 Å². The summed E-state index contributed by atoms with van der Waals surface area (Å²) in [5, 5.41) is 8.27. The van der Waals surface area contributed by atoms with E-state index in [1.54, 1.807) is 33.8 Å². The number of fused-ring (bicyclic) bond motifs is 1. The van der Waals surface area contributed by atoms with Crippen molar-refractivity contribution in [3.05, 3.63) is 59.4 Å². The van der Waals surface area contributed by atoms with Crippen molar-refractivity contribution in [2.45, 2.75) is 24.3 Å². The van der Waals surface area contributed by atoms with Gasteiger partial charge >= 0.3 is 0 Å². The zero-order valence-electron chi connectivity index (χ0n) is 13.1. The molecular weight excluding hydrogens is 338 g/mol. The van der Waals surface area contributed by atoms with Crippen LogP contribution in [0, 0.1) is 0 Å². The van der Waals surface area contributed by atoms with Gasteiger partial charge in [-0.05, 0) is 18.1 Å². The Labute approximate surface area is 147 Å². The Morgan fingerprint density at radius 1 is 1.17 bits per heavy atom. The van der Waals surface area contributed by atoms with E-state index in [1.807, 2.05) is 12.3 Å². The zero-order chi connectivity index (χ0) is 16.4. The van der Waals surface area contributed by atoms with Gasteiger partial charge in [-0.25, -0.2) is 14.5 Å².